The summed E-state index contributed by atoms with van der Waals surface area (Å²) in [7, 11) is -3.36. The third kappa shape index (κ3) is 8.43. The standard InChI is InChI=1S/C18H26ClN3O3S.C2HF3O2/c19-16-5-3-4-15(14-16)18(23)22(17-6-1-2-7-17)12-13-26(24,25)21-10-8-20-9-11-21;3-2(4,5)1(6)7/h3-5,14,17,20H,1-2,6-13H2;(H,6,7). The maximum absolute atomic E-state index is 13.0. The van der Waals surface area contributed by atoms with E-state index >= 15 is 0 Å². The topological polar surface area (TPSA) is 107 Å². The molecule has 13 heteroatoms. The van der Waals surface area contributed by atoms with Crippen molar-refractivity contribution in [1.82, 2.24) is 14.5 Å². The van der Waals surface area contributed by atoms with E-state index in [0.717, 1.165) is 25.7 Å². The predicted molar refractivity (Wildman–Crippen MR) is 117 cm³/mol. The highest BCUT2D eigenvalue weighted by Crippen LogP contribution is 2.26. The fourth-order valence-electron chi connectivity index (χ4n) is 3.72. The lowest BCUT2D eigenvalue weighted by Gasteiger charge is -2.31. The molecule has 0 bridgehead atoms. The Bertz CT molecular complexity index is 918. The molecule has 33 heavy (non-hydrogen) atoms. The molecule has 1 aromatic rings. The molecular formula is C20H27ClF3N3O5S. The number of nitrogens with zero attached hydrogens (tertiary/aromatic N) is 2. The SMILES string of the molecule is O=C(O)C(F)(F)F.O=C(c1cccc(Cl)c1)N(CCS(=O)(=O)N1CCNCC1)C1CCCC1. The van der Waals surface area contributed by atoms with Gasteiger partial charge in [0.1, 0.15) is 0 Å². The summed E-state index contributed by atoms with van der Waals surface area (Å²) >= 11 is 6.03. The Labute approximate surface area is 195 Å². The zero-order chi connectivity index (χ0) is 24.6. The lowest BCUT2D eigenvalue weighted by molar-refractivity contribution is -0.192. The summed E-state index contributed by atoms with van der Waals surface area (Å²) in [5.41, 5.74) is 0.518. The Hall–Kier alpha value is -1.89. The molecule has 0 atom stereocenters. The third-order valence-electron chi connectivity index (χ3n) is 5.40. The Morgan fingerprint density at radius 3 is 2.27 bits per heavy atom. The van der Waals surface area contributed by atoms with E-state index in [1.54, 1.807) is 29.2 Å². The molecule has 3 rings (SSSR count). The van der Waals surface area contributed by atoms with Crippen molar-refractivity contribution in [3.8, 4) is 0 Å². The van der Waals surface area contributed by atoms with Gasteiger partial charge in [0.15, 0.2) is 0 Å². The first-order chi connectivity index (χ1) is 15.4. The Morgan fingerprint density at radius 2 is 1.76 bits per heavy atom. The van der Waals surface area contributed by atoms with Crippen LogP contribution in [0.2, 0.25) is 5.02 Å². The number of benzene rings is 1. The van der Waals surface area contributed by atoms with Crippen LogP contribution in [-0.2, 0) is 14.8 Å². The Kier molecular flexibility index (Phi) is 9.95. The molecule has 1 saturated heterocycles. The number of hydrogen-bond acceptors (Lipinski definition) is 5. The first-order valence-corrected chi connectivity index (χ1v) is 12.5. The molecule has 2 fully saturated rings. The maximum atomic E-state index is 13.0. The van der Waals surface area contributed by atoms with E-state index in [9.17, 15) is 26.4 Å². The molecule has 0 unspecified atom stereocenters. The quantitative estimate of drug-likeness (QED) is 0.605. The van der Waals surface area contributed by atoms with Crippen molar-refractivity contribution in [1.29, 1.82) is 0 Å². The average molecular weight is 514 g/mol. The highest BCUT2D eigenvalue weighted by molar-refractivity contribution is 7.89. The van der Waals surface area contributed by atoms with Gasteiger partial charge >= 0.3 is 12.1 Å². The van der Waals surface area contributed by atoms with Gasteiger partial charge in [0.05, 0.1) is 5.75 Å². The number of carboxylic acids is 1. The van der Waals surface area contributed by atoms with Crippen molar-refractivity contribution in [2.45, 2.75) is 37.9 Å². The van der Waals surface area contributed by atoms with Crippen LogP contribution in [0.4, 0.5) is 13.2 Å². The number of amides is 1. The molecule has 1 aliphatic carbocycles. The lowest BCUT2D eigenvalue weighted by atomic mass is 10.1. The van der Waals surface area contributed by atoms with Gasteiger partial charge in [-0.1, -0.05) is 30.5 Å². The normalized spacial score (nSPS) is 17.8. The van der Waals surface area contributed by atoms with Crippen molar-refractivity contribution in [3.05, 3.63) is 34.9 Å². The number of sulfonamides is 1. The van der Waals surface area contributed by atoms with Crippen LogP contribution in [0.15, 0.2) is 24.3 Å². The van der Waals surface area contributed by atoms with E-state index < -0.39 is 22.2 Å². The summed E-state index contributed by atoms with van der Waals surface area (Å²) in [6, 6.07) is 6.98. The molecule has 1 heterocycles. The number of piperazine rings is 1. The van der Waals surface area contributed by atoms with Crippen LogP contribution in [-0.4, -0.2) is 85.3 Å². The van der Waals surface area contributed by atoms with Gasteiger partial charge < -0.3 is 15.3 Å². The van der Waals surface area contributed by atoms with Crippen molar-refractivity contribution >= 4 is 33.5 Å². The predicted octanol–water partition coefficient (Wildman–Crippen LogP) is 2.59. The molecule has 1 aromatic carbocycles. The van der Waals surface area contributed by atoms with Crippen molar-refractivity contribution in [3.63, 3.8) is 0 Å². The van der Waals surface area contributed by atoms with E-state index in [-0.39, 0.29) is 24.2 Å². The highest BCUT2D eigenvalue weighted by Gasteiger charge is 2.38. The molecule has 0 spiro atoms. The fraction of sp³-hybridized carbons (Fsp3) is 0.600. The largest absolute Gasteiger partial charge is 0.490 e. The van der Waals surface area contributed by atoms with Crippen molar-refractivity contribution in [2.24, 2.45) is 0 Å². The summed E-state index contributed by atoms with van der Waals surface area (Å²) in [4.78, 5) is 23.7. The molecule has 1 saturated carbocycles. The number of rotatable bonds is 6. The zero-order valence-corrected chi connectivity index (χ0v) is 19.4. The molecule has 2 N–H and O–H groups in total. The van der Waals surface area contributed by atoms with Crippen LogP contribution >= 0.6 is 11.6 Å². The van der Waals surface area contributed by atoms with Crippen LogP contribution in [0.1, 0.15) is 36.0 Å². The van der Waals surface area contributed by atoms with Gasteiger partial charge in [0, 0.05) is 49.4 Å². The highest BCUT2D eigenvalue weighted by atomic mass is 35.5. The van der Waals surface area contributed by atoms with E-state index in [0.29, 0.717) is 36.8 Å². The fourth-order valence-corrected chi connectivity index (χ4v) is 5.33. The van der Waals surface area contributed by atoms with E-state index in [1.807, 2.05) is 0 Å². The number of aliphatic carboxylic acids is 1. The minimum atomic E-state index is -5.08. The van der Waals surface area contributed by atoms with Gasteiger partial charge in [-0.3, -0.25) is 4.79 Å². The summed E-state index contributed by atoms with van der Waals surface area (Å²) in [6.45, 7) is 2.56. The second-order valence-electron chi connectivity index (χ2n) is 7.72. The van der Waals surface area contributed by atoms with Crippen LogP contribution in [0.3, 0.4) is 0 Å². The molecule has 0 radical (unpaired) electrons. The summed E-state index contributed by atoms with van der Waals surface area (Å²) in [6.07, 6.45) is -1.07. The van der Waals surface area contributed by atoms with E-state index in [1.165, 1.54) is 4.31 Å². The van der Waals surface area contributed by atoms with Crippen LogP contribution in [0, 0.1) is 0 Å². The van der Waals surface area contributed by atoms with Gasteiger partial charge in [-0.25, -0.2) is 13.2 Å². The number of alkyl halides is 3. The van der Waals surface area contributed by atoms with Crippen LogP contribution in [0.5, 0.6) is 0 Å². The number of halogens is 4. The first kappa shape index (κ1) is 27.4. The summed E-state index contributed by atoms with van der Waals surface area (Å²) < 4.78 is 58.6. The number of nitrogens with one attached hydrogen (secondary N) is 1. The Morgan fingerprint density at radius 1 is 1.18 bits per heavy atom. The molecular weight excluding hydrogens is 487 g/mol. The molecule has 1 aliphatic heterocycles. The van der Waals surface area contributed by atoms with Crippen LogP contribution in [0.25, 0.3) is 0 Å². The molecule has 0 aromatic heterocycles. The van der Waals surface area contributed by atoms with Crippen molar-refractivity contribution in [2.75, 3.05) is 38.5 Å². The minimum Gasteiger partial charge on any atom is -0.475 e. The van der Waals surface area contributed by atoms with Crippen molar-refractivity contribution < 1.29 is 36.3 Å². The first-order valence-electron chi connectivity index (χ1n) is 10.5. The number of carbonyl (C=O) groups excluding carboxylic acids is 1. The third-order valence-corrected chi connectivity index (χ3v) is 7.49. The molecule has 8 nitrogen and oxygen atoms in total. The summed E-state index contributed by atoms with van der Waals surface area (Å²) in [5.74, 6) is -2.92. The molecule has 1 amide bonds. The average Bonchev–Trinajstić information content (AvgIpc) is 3.28. The monoisotopic (exact) mass is 513 g/mol. The van der Waals surface area contributed by atoms with E-state index in [2.05, 4.69) is 5.32 Å². The van der Waals surface area contributed by atoms with Gasteiger partial charge in [0.25, 0.3) is 5.91 Å². The smallest absolute Gasteiger partial charge is 0.475 e. The van der Waals surface area contributed by atoms with Gasteiger partial charge in [-0.05, 0) is 31.0 Å². The molecule has 2 aliphatic rings. The van der Waals surface area contributed by atoms with Gasteiger partial charge in [0.2, 0.25) is 10.0 Å². The maximum Gasteiger partial charge on any atom is 0.490 e. The van der Waals surface area contributed by atoms with Gasteiger partial charge in [-0.2, -0.15) is 17.5 Å². The summed E-state index contributed by atoms with van der Waals surface area (Å²) in [5, 5.41) is 10.8. The number of carboxylic acid groups (broad SMARTS) is 1. The zero-order valence-electron chi connectivity index (χ0n) is 17.9. The second kappa shape index (κ2) is 12.0. The second-order valence-corrected chi connectivity index (χ2v) is 10.2. The minimum absolute atomic E-state index is 0.0319. The molecule has 186 valence electrons. The number of carbonyl (C=O) groups is 2. The van der Waals surface area contributed by atoms with Gasteiger partial charge in [-0.15, -0.1) is 0 Å². The van der Waals surface area contributed by atoms with E-state index in [4.69, 9.17) is 21.5 Å². The van der Waals surface area contributed by atoms with Crippen LogP contribution < -0.4 is 5.32 Å². The lowest BCUT2D eigenvalue weighted by Crippen LogP contribution is -2.49. The Balaban J connectivity index is 0.000000479. The number of hydrogen-bond donors (Lipinski definition) is 2.